The van der Waals surface area contributed by atoms with Crippen molar-refractivity contribution in [2.45, 2.75) is 178 Å². The number of hydrogen-bond acceptors (Lipinski definition) is 9. The molecule has 4 aliphatic carbocycles. The molecule has 0 aromatic heterocycles. The SMILES string of the molecule is CC(C)(C)OC(=O)N[C@@H]1CC[C@H](O)C1.CC(C)(C)OC(=O)N[C@H]1CC[C@@H]([OH2+])C1.N[C@@H]1CC[C@H](O)C1.N[C@H]1CC[C@@H](O)C1. The van der Waals surface area contributed by atoms with Gasteiger partial charge in [0.25, 0.3) is 0 Å². The third-order valence-electron chi connectivity index (χ3n) is 7.17. The van der Waals surface area contributed by atoms with Gasteiger partial charge in [-0.05, 0) is 106 Å². The standard InChI is InChI=1S/2C10H19NO3.2C5H11NO/c2*1-10(2,3)14-9(13)11-7-4-5-8(12)6-7;2*6-4-1-2-5(7)3-4/h2*7-8,12H,4-6H2,1-3H3,(H,11,13);2*4-5,7H,1-3,6H2/p+1/t2*7-,8+;2*4-,5+/m1010/s1. The number of amides is 2. The number of carbonyl (C=O) groups excluding carboxylic acids is 2. The van der Waals surface area contributed by atoms with Crippen LogP contribution in [0.15, 0.2) is 0 Å². The zero-order valence-corrected chi connectivity index (χ0v) is 26.7. The van der Waals surface area contributed by atoms with Crippen LogP contribution in [-0.2, 0) is 9.47 Å². The third kappa shape index (κ3) is 19.5. The largest absolute Gasteiger partial charge is 0.444 e. The van der Waals surface area contributed by atoms with E-state index < -0.39 is 17.3 Å². The van der Waals surface area contributed by atoms with Crippen molar-refractivity contribution >= 4 is 12.2 Å². The van der Waals surface area contributed by atoms with Gasteiger partial charge >= 0.3 is 12.2 Å². The Balaban J connectivity index is 0.000000294. The molecule has 12 nitrogen and oxygen atoms in total. The van der Waals surface area contributed by atoms with E-state index in [2.05, 4.69) is 10.6 Å². The molecule has 0 bridgehead atoms. The summed E-state index contributed by atoms with van der Waals surface area (Å²) in [7, 11) is 0. The Morgan fingerprint density at radius 3 is 1.21 bits per heavy atom. The number of nitrogens with one attached hydrogen (secondary N) is 2. The number of aliphatic hydroxyl groups is 3. The first-order valence-electron chi connectivity index (χ1n) is 15.6. The van der Waals surface area contributed by atoms with Gasteiger partial charge in [-0.1, -0.05) is 0 Å². The highest BCUT2D eigenvalue weighted by Gasteiger charge is 2.29. The lowest BCUT2D eigenvalue weighted by Gasteiger charge is -2.21. The Kier molecular flexibility index (Phi) is 16.6. The number of ether oxygens (including phenoxy) is 2. The Labute approximate surface area is 252 Å². The van der Waals surface area contributed by atoms with Gasteiger partial charge in [0.1, 0.15) is 11.2 Å². The van der Waals surface area contributed by atoms with E-state index >= 15 is 0 Å². The molecule has 4 saturated carbocycles. The van der Waals surface area contributed by atoms with Crippen LogP contribution in [0.5, 0.6) is 0 Å². The van der Waals surface area contributed by atoms with Crippen LogP contribution in [0.2, 0.25) is 0 Å². The Morgan fingerprint density at radius 2 is 0.976 bits per heavy atom. The van der Waals surface area contributed by atoms with Crippen molar-refractivity contribution in [2.24, 2.45) is 11.5 Å². The van der Waals surface area contributed by atoms with Crippen molar-refractivity contribution in [3.8, 4) is 0 Å². The molecular formula is C30H61N4O8+. The lowest BCUT2D eigenvalue weighted by atomic mass is 10.2. The summed E-state index contributed by atoms with van der Waals surface area (Å²) in [4.78, 5) is 22.6. The molecule has 42 heavy (non-hydrogen) atoms. The van der Waals surface area contributed by atoms with E-state index in [1.165, 1.54) is 0 Å². The molecule has 4 rings (SSSR count). The lowest BCUT2D eigenvalue weighted by molar-refractivity contribution is 0.0489. The van der Waals surface area contributed by atoms with E-state index in [1.54, 1.807) is 0 Å². The molecule has 2 amide bonds. The first-order chi connectivity index (χ1) is 19.3. The molecule has 4 aliphatic rings. The topological polar surface area (TPSA) is 212 Å². The van der Waals surface area contributed by atoms with Gasteiger partial charge in [-0.3, -0.25) is 0 Å². The molecule has 8 atom stereocenters. The molecule has 248 valence electrons. The maximum atomic E-state index is 11.3. The second-order valence-electron chi connectivity index (χ2n) is 14.1. The molecule has 0 aromatic carbocycles. The number of alkyl carbamates (subject to hydrolysis) is 2. The molecule has 0 radical (unpaired) electrons. The van der Waals surface area contributed by atoms with Crippen molar-refractivity contribution < 1.29 is 39.5 Å². The highest BCUT2D eigenvalue weighted by atomic mass is 16.6. The normalized spacial score (nSPS) is 32.3. The van der Waals surface area contributed by atoms with Crippen LogP contribution >= 0.6 is 0 Å². The summed E-state index contributed by atoms with van der Waals surface area (Å²) in [6, 6.07) is 0.747. The van der Waals surface area contributed by atoms with Crippen molar-refractivity contribution in [3.05, 3.63) is 0 Å². The minimum Gasteiger partial charge on any atom is -0.444 e. The molecule has 0 aliphatic heterocycles. The predicted octanol–water partition coefficient (Wildman–Crippen LogP) is 2.30. The van der Waals surface area contributed by atoms with Crippen LogP contribution in [0.4, 0.5) is 9.59 Å². The van der Waals surface area contributed by atoms with Crippen molar-refractivity contribution in [1.29, 1.82) is 0 Å². The van der Waals surface area contributed by atoms with Gasteiger partial charge in [0.05, 0.1) is 18.3 Å². The van der Waals surface area contributed by atoms with Gasteiger partial charge < -0.3 is 52.0 Å². The summed E-state index contributed by atoms with van der Waals surface area (Å²) < 4.78 is 10.2. The smallest absolute Gasteiger partial charge is 0.407 e. The van der Waals surface area contributed by atoms with E-state index in [-0.39, 0.29) is 54.7 Å². The average molecular weight is 606 g/mol. The van der Waals surface area contributed by atoms with Gasteiger partial charge in [-0.15, -0.1) is 0 Å². The van der Waals surface area contributed by atoms with Gasteiger partial charge in [0.2, 0.25) is 0 Å². The first kappa shape index (κ1) is 38.3. The van der Waals surface area contributed by atoms with Crippen LogP contribution < -0.4 is 22.1 Å². The van der Waals surface area contributed by atoms with Crippen molar-refractivity contribution in [1.82, 2.24) is 10.6 Å². The maximum Gasteiger partial charge on any atom is 0.407 e. The van der Waals surface area contributed by atoms with E-state index in [0.29, 0.717) is 6.42 Å². The minimum absolute atomic E-state index is 0.0186. The number of aliphatic hydroxyl groups excluding tert-OH is 3. The fraction of sp³-hybridized carbons (Fsp3) is 0.933. The molecule has 0 unspecified atom stereocenters. The van der Waals surface area contributed by atoms with Crippen LogP contribution in [0.25, 0.3) is 0 Å². The van der Waals surface area contributed by atoms with Crippen molar-refractivity contribution in [2.75, 3.05) is 0 Å². The summed E-state index contributed by atoms with van der Waals surface area (Å²) in [5.74, 6) is 0. The fourth-order valence-corrected chi connectivity index (χ4v) is 5.13. The molecule has 12 heteroatoms. The highest BCUT2D eigenvalue weighted by Crippen LogP contribution is 2.20. The molecule has 0 spiro atoms. The second kappa shape index (κ2) is 18.2. The molecule has 11 N–H and O–H groups in total. The van der Waals surface area contributed by atoms with Crippen molar-refractivity contribution in [3.63, 3.8) is 0 Å². The van der Waals surface area contributed by atoms with Crippen LogP contribution in [0.1, 0.15) is 119 Å². The monoisotopic (exact) mass is 605 g/mol. The van der Waals surface area contributed by atoms with E-state index in [0.717, 1.165) is 70.6 Å². The lowest BCUT2D eigenvalue weighted by Crippen LogP contribution is -2.38. The Hall–Kier alpha value is -1.70. The van der Waals surface area contributed by atoms with Gasteiger partial charge in [-0.25, -0.2) is 9.59 Å². The quantitative estimate of drug-likeness (QED) is 0.230. The molecular weight excluding hydrogens is 544 g/mol. The molecule has 0 aromatic rings. The minimum atomic E-state index is -0.457. The summed E-state index contributed by atoms with van der Waals surface area (Å²) in [5, 5.41) is 39.9. The molecule has 0 heterocycles. The predicted molar refractivity (Wildman–Crippen MR) is 163 cm³/mol. The third-order valence-corrected chi connectivity index (χ3v) is 7.17. The number of carbonyl (C=O) groups is 2. The summed E-state index contributed by atoms with van der Waals surface area (Å²) in [6.45, 7) is 11.0. The number of hydrogen-bond donors (Lipinski definition) is 7. The molecule has 0 saturated heterocycles. The van der Waals surface area contributed by atoms with Crippen LogP contribution in [-0.4, -0.2) is 92.4 Å². The van der Waals surface area contributed by atoms with Crippen LogP contribution in [0, 0.1) is 0 Å². The Morgan fingerprint density at radius 1 is 0.619 bits per heavy atom. The summed E-state index contributed by atoms with van der Waals surface area (Å²) in [6.07, 6.45) is 8.93. The van der Waals surface area contributed by atoms with Gasteiger partial charge in [0, 0.05) is 37.0 Å². The summed E-state index contributed by atoms with van der Waals surface area (Å²) >= 11 is 0. The number of nitrogens with two attached hydrogens (primary N) is 2. The van der Waals surface area contributed by atoms with E-state index in [4.69, 9.17) is 36.3 Å². The van der Waals surface area contributed by atoms with Gasteiger partial charge in [-0.2, -0.15) is 0 Å². The molecule has 4 fully saturated rings. The Bertz CT molecular complexity index is 708. The van der Waals surface area contributed by atoms with E-state index in [1.807, 2.05) is 41.5 Å². The zero-order chi connectivity index (χ0) is 32.1. The first-order valence-corrected chi connectivity index (χ1v) is 15.6. The fourth-order valence-electron chi connectivity index (χ4n) is 5.13. The van der Waals surface area contributed by atoms with Crippen LogP contribution in [0.3, 0.4) is 0 Å². The highest BCUT2D eigenvalue weighted by molar-refractivity contribution is 5.68. The van der Waals surface area contributed by atoms with E-state index in [9.17, 15) is 14.7 Å². The maximum absolute atomic E-state index is 11.3. The summed E-state index contributed by atoms with van der Waals surface area (Å²) in [5.41, 5.74) is 10.0. The number of rotatable bonds is 2. The van der Waals surface area contributed by atoms with Gasteiger partial charge in [0.15, 0.2) is 6.10 Å². The average Bonchev–Trinajstić information content (AvgIpc) is 3.59. The second-order valence-corrected chi connectivity index (χ2v) is 14.1. The zero-order valence-electron chi connectivity index (χ0n) is 26.7.